The zero-order chi connectivity index (χ0) is 25.0. The molecule has 0 aliphatic rings. The highest BCUT2D eigenvalue weighted by Gasteiger charge is 2.31. The fourth-order valence-electron chi connectivity index (χ4n) is 3.83. The van der Waals surface area contributed by atoms with Crippen LogP contribution in [-0.4, -0.2) is 36.8 Å². The van der Waals surface area contributed by atoms with E-state index in [1.165, 1.54) is 16.9 Å². The number of benzene rings is 1. The summed E-state index contributed by atoms with van der Waals surface area (Å²) in [6.45, 7) is 4.82. The van der Waals surface area contributed by atoms with Crippen molar-refractivity contribution in [3.05, 3.63) is 95.5 Å². The van der Waals surface area contributed by atoms with Crippen LogP contribution in [-0.2, 0) is 19.1 Å². The summed E-state index contributed by atoms with van der Waals surface area (Å²) in [7, 11) is 0. The summed E-state index contributed by atoms with van der Waals surface area (Å²) in [6.07, 6.45) is 1.88. The Kier molecular flexibility index (Phi) is 6.99. The van der Waals surface area contributed by atoms with E-state index in [1.807, 2.05) is 54.9 Å². The largest absolute Gasteiger partial charge is 0.417 e. The highest BCUT2D eigenvalue weighted by atomic mass is 19.4. The molecule has 0 saturated carbocycles. The van der Waals surface area contributed by atoms with Crippen LogP contribution in [0.4, 0.5) is 13.2 Å². The molecule has 0 spiro atoms. The van der Waals surface area contributed by atoms with E-state index in [2.05, 4.69) is 20.4 Å². The molecule has 0 aliphatic carbocycles. The molecule has 4 aromatic rings. The highest BCUT2D eigenvalue weighted by molar-refractivity contribution is 5.95. The minimum atomic E-state index is -4.47. The Morgan fingerprint density at radius 1 is 1.06 bits per heavy atom. The standard InChI is InChI=1S/C25H25F3N6O/c1-17(2)23-20(15-32-34(23)22-9-8-19(14-31-22)25(26,27)28)24(35)30-11-10-21-29-12-13-33(21)16-18-6-4-3-5-7-18/h3-9,12-15,17H,10-11,16H2,1-2H3,(H,30,35). The van der Waals surface area contributed by atoms with Crippen LogP contribution in [0.2, 0.25) is 0 Å². The van der Waals surface area contributed by atoms with E-state index in [0.717, 1.165) is 23.7 Å². The van der Waals surface area contributed by atoms with Crippen molar-refractivity contribution in [3.8, 4) is 5.82 Å². The third-order valence-corrected chi connectivity index (χ3v) is 5.52. The van der Waals surface area contributed by atoms with Gasteiger partial charge in [-0.15, -0.1) is 0 Å². The Balaban J connectivity index is 1.44. The van der Waals surface area contributed by atoms with Gasteiger partial charge in [-0.1, -0.05) is 44.2 Å². The third kappa shape index (κ3) is 5.59. The predicted octanol–water partition coefficient (Wildman–Crippen LogP) is 4.63. The van der Waals surface area contributed by atoms with Gasteiger partial charge in [0.25, 0.3) is 5.91 Å². The molecular formula is C25H25F3N6O. The number of hydrogen-bond donors (Lipinski definition) is 1. The van der Waals surface area contributed by atoms with Gasteiger partial charge in [0.1, 0.15) is 5.82 Å². The first-order valence-corrected chi connectivity index (χ1v) is 11.2. The van der Waals surface area contributed by atoms with Crippen LogP contribution < -0.4 is 5.32 Å². The van der Waals surface area contributed by atoms with Crippen molar-refractivity contribution in [2.75, 3.05) is 6.54 Å². The average molecular weight is 483 g/mol. The second-order valence-corrected chi connectivity index (χ2v) is 8.38. The van der Waals surface area contributed by atoms with Gasteiger partial charge in [0, 0.05) is 38.1 Å². The van der Waals surface area contributed by atoms with Crippen molar-refractivity contribution >= 4 is 5.91 Å². The van der Waals surface area contributed by atoms with E-state index in [1.54, 1.807) is 6.20 Å². The monoisotopic (exact) mass is 482 g/mol. The molecule has 4 rings (SSSR count). The van der Waals surface area contributed by atoms with Gasteiger partial charge in [-0.25, -0.2) is 14.6 Å². The van der Waals surface area contributed by atoms with Gasteiger partial charge in [0.15, 0.2) is 5.82 Å². The van der Waals surface area contributed by atoms with Gasteiger partial charge in [0.2, 0.25) is 0 Å². The lowest BCUT2D eigenvalue weighted by Crippen LogP contribution is -2.27. The van der Waals surface area contributed by atoms with Crippen molar-refractivity contribution in [1.29, 1.82) is 0 Å². The summed E-state index contributed by atoms with van der Waals surface area (Å²) in [4.78, 5) is 21.3. The molecular weight excluding hydrogens is 457 g/mol. The summed E-state index contributed by atoms with van der Waals surface area (Å²) >= 11 is 0. The Morgan fingerprint density at radius 2 is 1.83 bits per heavy atom. The molecule has 7 nitrogen and oxygen atoms in total. The number of nitrogens with zero attached hydrogens (tertiary/aromatic N) is 5. The zero-order valence-corrected chi connectivity index (χ0v) is 19.3. The molecule has 0 fully saturated rings. The summed E-state index contributed by atoms with van der Waals surface area (Å²) in [5, 5.41) is 7.14. The van der Waals surface area contributed by atoms with Gasteiger partial charge in [0.05, 0.1) is 23.0 Å². The molecule has 182 valence electrons. The van der Waals surface area contributed by atoms with Gasteiger partial charge in [-0.3, -0.25) is 4.79 Å². The van der Waals surface area contributed by atoms with Crippen molar-refractivity contribution in [2.45, 2.75) is 38.9 Å². The predicted molar refractivity (Wildman–Crippen MR) is 124 cm³/mol. The summed E-state index contributed by atoms with van der Waals surface area (Å²) < 4.78 is 42.1. The van der Waals surface area contributed by atoms with E-state index in [-0.39, 0.29) is 17.6 Å². The van der Waals surface area contributed by atoms with E-state index in [9.17, 15) is 18.0 Å². The first kappa shape index (κ1) is 24.2. The van der Waals surface area contributed by atoms with Crippen molar-refractivity contribution in [1.82, 2.24) is 29.6 Å². The van der Waals surface area contributed by atoms with Gasteiger partial charge in [-0.05, 0) is 23.6 Å². The van der Waals surface area contributed by atoms with Crippen LogP contribution in [0, 0.1) is 0 Å². The fraction of sp³-hybridized carbons (Fsp3) is 0.280. The maximum Gasteiger partial charge on any atom is 0.417 e. The second-order valence-electron chi connectivity index (χ2n) is 8.38. The first-order chi connectivity index (χ1) is 16.7. The molecule has 3 aromatic heterocycles. The van der Waals surface area contributed by atoms with Crippen LogP contribution in [0.15, 0.2) is 67.3 Å². The lowest BCUT2D eigenvalue weighted by Gasteiger charge is -2.13. The number of rotatable bonds is 8. The SMILES string of the molecule is CC(C)c1c(C(=O)NCCc2nccn2Cc2ccccc2)cnn1-c1ccc(C(F)(F)F)cn1. The molecule has 0 saturated heterocycles. The zero-order valence-electron chi connectivity index (χ0n) is 19.3. The van der Waals surface area contributed by atoms with Crippen LogP contribution in [0.1, 0.15) is 52.8 Å². The van der Waals surface area contributed by atoms with Crippen LogP contribution in [0.5, 0.6) is 0 Å². The number of pyridine rings is 1. The highest BCUT2D eigenvalue weighted by Crippen LogP contribution is 2.29. The summed E-state index contributed by atoms with van der Waals surface area (Å²) in [5.74, 6) is 0.631. The minimum Gasteiger partial charge on any atom is -0.351 e. The minimum absolute atomic E-state index is 0.118. The van der Waals surface area contributed by atoms with Crippen LogP contribution >= 0.6 is 0 Å². The quantitative estimate of drug-likeness (QED) is 0.397. The topological polar surface area (TPSA) is 77.6 Å². The number of nitrogens with one attached hydrogen (secondary N) is 1. The number of alkyl halides is 3. The van der Waals surface area contributed by atoms with Gasteiger partial charge >= 0.3 is 6.18 Å². The number of aromatic nitrogens is 5. The molecule has 1 N–H and O–H groups in total. The normalized spacial score (nSPS) is 11.7. The average Bonchev–Trinajstić information content (AvgIpc) is 3.47. The number of imidazole rings is 1. The molecule has 0 unspecified atom stereocenters. The van der Waals surface area contributed by atoms with Gasteiger partial charge in [-0.2, -0.15) is 18.3 Å². The Hall–Kier alpha value is -3.95. The molecule has 1 amide bonds. The molecule has 3 heterocycles. The van der Waals surface area contributed by atoms with E-state index in [0.29, 0.717) is 30.8 Å². The number of hydrogen-bond acceptors (Lipinski definition) is 4. The van der Waals surface area contributed by atoms with E-state index < -0.39 is 11.7 Å². The smallest absolute Gasteiger partial charge is 0.351 e. The van der Waals surface area contributed by atoms with Crippen molar-refractivity contribution in [2.24, 2.45) is 0 Å². The Morgan fingerprint density at radius 3 is 2.49 bits per heavy atom. The number of carbonyl (C=O) groups excluding carboxylic acids is 1. The molecule has 35 heavy (non-hydrogen) atoms. The molecule has 10 heteroatoms. The summed E-state index contributed by atoms with van der Waals surface area (Å²) in [6, 6.07) is 12.2. The molecule has 0 radical (unpaired) electrons. The molecule has 0 bridgehead atoms. The van der Waals surface area contributed by atoms with Crippen molar-refractivity contribution < 1.29 is 18.0 Å². The van der Waals surface area contributed by atoms with Crippen LogP contribution in [0.3, 0.4) is 0 Å². The van der Waals surface area contributed by atoms with Crippen LogP contribution in [0.25, 0.3) is 5.82 Å². The van der Waals surface area contributed by atoms with Crippen molar-refractivity contribution in [3.63, 3.8) is 0 Å². The fourth-order valence-corrected chi connectivity index (χ4v) is 3.83. The number of halogens is 3. The third-order valence-electron chi connectivity index (χ3n) is 5.52. The lowest BCUT2D eigenvalue weighted by molar-refractivity contribution is -0.137. The Labute approximate surface area is 200 Å². The first-order valence-electron chi connectivity index (χ1n) is 11.2. The Bertz CT molecular complexity index is 1280. The van der Waals surface area contributed by atoms with Gasteiger partial charge < -0.3 is 9.88 Å². The number of amides is 1. The maximum atomic E-state index is 12.9. The maximum absolute atomic E-state index is 12.9. The number of carbonyl (C=O) groups is 1. The van der Waals surface area contributed by atoms with E-state index >= 15 is 0 Å². The second kappa shape index (κ2) is 10.1. The summed E-state index contributed by atoms with van der Waals surface area (Å²) in [5.41, 5.74) is 1.24. The molecule has 0 aliphatic heterocycles. The lowest BCUT2D eigenvalue weighted by atomic mass is 10.1. The molecule has 0 atom stereocenters. The molecule has 1 aromatic carbocycles. The van der Waals surface area contributed by atoms with E-state index in [4.69, 9.17) is 0 Å².